The van der Waals surface area contributed by atoms with E-state index in [0.29, 0.717) is 20.6 Å². The Kier molecular flexibility index (Phi) is 3.66. The third-order valence-corrected chi connectivity index (χ3v) is 3.72. The molecule has 0 aliphatic carbocycles. The number of hydrogen-bond acceptors (Lipinski definition) is 3. The first-order valence-electron chi connectivity index (χ1n) is 4.67. The largest absolute Gasteiger partial charge is 0.481 e. The number of hydrogen-bond donors (Lipinski definition) is 1. The number of aliphatic carboxylic acids is 1. The minimum absolute atomic E-state index is 0.0414. The lowest BCUT2D eigenvalue weighted by atomic mass is 10.1. The standard InChI is InChI=1S/C11H7Cl2NO2S/c12-7-2-1-6(3-8(7)13)11-9(4-10(15)16)17-5-14-11/h1-3,5H,4H2,(H,15,16). The third kappa shape index (κ3) is 2.77. The molecule has 1 aromatic heterocycles. The Bertz CT molecular complexity index is 568. The molecule has 1 heterocycles. The number of thiazole rings is 1. The number of carboxylic acid groups (broad SMARTS) is 1. The molecule has 1 aromatic carbocycles. The molecule has 0 atom stereocenters. The lowest BCUT2D eigenvalue weighted by Crippen LogP contribution is -1.99. The number of halogens is 2. The highest BCUT2D eigenvalue weighted by atomic mass is 35.5. The van der Waals surface area contributed by atoms with Crippen LogP contribution in [0.4, 0.5) is 0 Å². The van der Waals surface area contributed by atoms with Gasteiger partial charge in [-0.05, 0) is 12.1 Å². The van der Waals surface area contributed by atoms with Gasteiger partial charge in [0.15, 0.2) is 0 Å². The Hall–Kier alpha value is -1.10. The van der Waals surface area contributed by atoms with E-state index in [1.165, 1.54) is 11.3 Å². The van der Waals surface area contributed by atoms with Crippen LogP contribution in [0.2, 0.25) is 10.0 Å². The molecule has 6 heteroatoms. The van der Waals surface area contributed by atoms with Crippen LogP contribution < -0.4 is 0 Å². The summed E-state index contributed by atoms with van der Waals surface area (Å²) in [5, 5.41) is 9.68. The summed E-state index contributed by atoms with van der Waals surface area (Å²) in [5.41, 5.74) is 3.05. The van der Waals surface area contributed by atoms with E-state index < -0.39 is 5.97 Å². The Morgan fingerprint density at radius 2 is 2.12 bits per heavy atom. The Morgan fingerprint density at radius 3 is 2.76 bits per heavy atom. The molecule has 1 N–H and O–H groups in total. The number of rotatable bonds is 3. The zero-order valence-corrected chi connectivity index (χ0v) is 10.8. The van der Waals surface area contributed by atoms with Crippen LogP contribution in [0.1, 0.15) is 4.88 Å². The zero-order valence-electron chi connectivity index (χ0n) is 8.48. The summed E-state index contributed by atoms with van der Waals surface area (Å²) in [7, 11) is 0. The van der Waals surface area contributed by atoms with Crippen LogP contribution in [-0.4, -0.2) is 16.1 Å². The van der Waals surface area contributed by atoms with E-state index in [1.54, 1.807) is 23.7 Å². The summed E-state index contributed by atoms with van der Waals surface area (Å²) in [4.78, 5) is 15.6. The normalized spacial score (nSPS) is 10.5. The van der Waals surface area contributed by atoms with Gasteiger partial charge in [0, 0.05) is 10.4 Å². The highest BCUT2D eigenvalue weighted by molar-refractivity contribution is 7.10. The van der Waals surface area contributed by atoms with E-state index in [9.17, 15) is 4.79 Å². The molecule has 88 valence electrons. The van der Waals surface area contributed by atoms with Crippen LogP contribution in [0.25, 0.3) is 11.3 Å². The molecule has 2 aromatic rings. The lowest BCUT2D eigenvalue weighted by Gasteiger charge is -2.02. The van der Waals surface area contributed by atoms with E-state index in [1.807, 2.05) is 0 Å². The third-order valence-electron chi connectivity index (χ3n) is 2.15. The minimum Gasteiger partial charge on any atom is -0.481 e. The predicted molar refractivity (Wildman–Crippen MR) is 68.9 cm³/mol. The van der Waals surface area contributed by atoms with E-state index in [4.69, 9.17) is 28.3 Å². The molecule has 0 unspecified atom stereocenters. The summed E-state index contributed by atoms with van der Waals surface area (Å²) >= 11 is 13.1. The average Bonchev–Trinajstić information content (AvgIpc) is 2.69. The molecule has 0 saturated carbocycles. The number of benzene rings is 1. The zero-order chi connectivity index (χ0) is 12.4. The van der Waals surface area contributed by atoms with Crippen molar-refractivity contribution in [2.24, 2.45) is 0 Å². The number of aromatic nitrogens is 1. The van der Waals surface area contributed by atoms with Crippen molar-refractivity contribution in [3.63, 3.8) is 0 Å². The van der Waals surface area contributed by atoms with E-state index in [2.05, 4.69) is 4.98 Å². The summed E-state index contributed by atoms with van der Waals surface area (Å²) in [6, 6.07) is 5.13. The Morgan fingerprint density at radius 1 is 1.35 bits per heavy atom. The highest BCUT2D eigenvalue weighted by Crippen LogP contribution is 2.31. The van der Waals surface area contributed by atoms with Crippen molar-refractivity contribution in [3.05, 3.63) is 38.6 Å². The SMILES string of the molecule is O=C(O)Cc1scnc1-c1ccc(Cl)c(Cl)c1. The van der Waals surface area contributed by atoms with Crippen molar-refractivity contribution in [2.45, 2.75) is 6.42 Å². The second-order valence-electron chi connectivity index (χ2n) is 3.32. The lowest BCUT2D eigenvalue weighted by molar-refractivity contribution is -0.136. The Labute approximate surface area is 112 Å². The fourth-order valence-electron chi connectivity index (χ4n) is 1.41. The molecule has 0 bridgehead atoms. The maximum atomic E-state index is 10.7. The molecular weight excluding hydrogens is 281 g/mol. The van der Waals surface area contributed by atoms with Crippen LogP contribution in [0.15, 0.2) is 23.7 Å². The van der Waals surface area contributed by atoms with E-state index in [-0.39, 0.29) is 6.42 Å². The molecule has 0 aliphatic rings. The van der Waals surface area contributed by atoms with Gasteiger partial charge >= 0.3 is 5.97 Å². The second-order valence-corrected chi connectivity index (χ2v) is 5.08. The Balaban J connectivity index is 2.42. The van der Waals surface area contributed by atoms with Crippen LogP contribution in [-0.2, 0) is 11.2 Å². The van der Waals surface area contributed by atoms with Gasteiger partial charge in [-0.2, -0.15) is 0 Å². The molecule has 0 fully saturated rings. The molecule has 17 heavy (non-hydrogen) atoms. The van der Waals surface area contributed by atoms with Crippen LogP contribution in [0.5, 0.6) is 0 Å². The summed E-state index contributed by atoms with van der Waals surface area (Å²) in [6.45, 7) is 0. The highest BCUT2D eigenvalue weighted by Gasteiger charge is 2.12. The summed E-state index contributed by atoms with van der Waals surface area (Å²) in [5.74, 6) is -0.879. The molecule has 0 spiro atoms. The fourth-order valence-corrected chi connectivity index (χ4v) is 2.48. The maximum absolute atomic E-state index is 10.7. The van der Waals surface area contributed by atoms with Gasteiger partial charge in [0.1, 0.15) is 0 Å². The fraction of sp³-hybridized carbons (Fsp3) is 0.0909. The van der Waals surface area contributed by atoms with Crippen molar-refractivity contribution in [1.29, 1.82) is 0 Å². The molecule has 2 rings (SSSR count). The van der Waals surface area contributed by atoms with Gasteiger partial charge < -0.3 is 5.11 Å². The predicted octanol–water partition coefficient (Wildman–Crippen LogP) is 3.74. The first-order chi connectivity index (χ1) is 8.08. The second kappa shape index (κ2) is 5.04. The maximum Gasteiger partial charge on any atom is 0.308 e. The van der Waals surface area contributed by atoms with E-state index in [0.717, 1.165) is 5.56 Å². The topological polar surface area (TPSA) is 50.2 Å². The molecule has 3 nitrogen and oxygen atoms in total. The molecule has 0 amide bonds. The summed E-state index contributed by atoms with van der Waals surface area (Å²) < 4.78 is 0. The molecule has 0 aliphatic heterocycles. The van der Waals surface area contributed by atoms with Crippen molar-refractivity contribution < 1.29 is 9.90 Å². The van der Waals surface area contributed by atoms with Crippen molar-refractivity contribution >= 4 is 40.5 Å². The van der Waals surface area contributed by atoms with Gasteiger partial charge in [-0.15, -0.1) is 11.3 Å². The number of nitrogens with zero attached hydrogens (tertiary/aromatic N) is 1. The van der Waals surface area contributed by atoms with Gasteiger partial charge in [0.05, 0.1) is 27.7 Å². The van der Waals surface area contributed by atoms with Crippen LogP contribution in [0, 0.1) is 0 Å². The minimum atomic E-state index is -0.879. The van der Waals surface area contributed by atoms with Gasteiger partial charge in [-0.25, -0.2) is 4.98 Å². The van der Waals surface area contributed by atoms with E-state index >= 15 is 0 Å². The molecular formula is C11H7Cl2NO2S. The van der Waals surface area contributed by atoms with Gasteiger partial charge in [0.2, 0.25) is 0 Å². The quantitative estimate of drug-likeness (QED) is 0.935. The van der Waals surface area contributed by atoms with Gasteiger partial charge in [-0.1, -0.05) is 29.3 Å². The van der Waals surface area contributed by atoms with Crippen LogP contribution >= 0.6 is 34.5 Å². The van der Waals surface area contributed by atoms with Crippen molar-refractivity contribution in [1.82, 2.24) is 4.98 Å². The smallest absolute Gasteiger partial charge is 0.308 e. The number of carboxylic acids is 1. The average molecular weight is 288 g/mol. The molecule has 0 saturated heterocycles. The number of carbonyl (C=O) groups is 1. The van der Waals surface area contributed by atoms with Crippen molar-refractivity contribution in [3.8, 4) is 11.3 Å². The first-order valence-corrected chi connectivity index (χ1v) is 6.31. The van der Waals surface area contributed by atoms with Crippen molar-refractivity contribution in [2.75, 3.05) is 0 Å². The van der Waals surface area contributed by atoms with Gasteiger partial charge in [-0.3, -0.25) is 4.79 Å². The monoisotopic (exact) mass is 287 g/mol. The first kappa shape index (κ1) is 12.4. The van der Waals surface area contributed by atoms with Gasteiger partial charge in [0.25, 0.3) is 0 Å². The molecule has 0 radical (unpaired) electrons. The van der Waals surface area contributed by atoms with Crippen LogP contribution in [0.3, 0.4) is 0 Å². The summed E-state index contributed by atoms with van der Waals surface area (Å²) in [6.07, 6.45) is -0.0414.